The Balaban J connectivity index is 2.09. The van der Waals surface area contributed by atoms with E-state index in [0.717, 1.165) is 0 Å². The molecule has 10 heteroatoms. The number of benzene rings is 2. The fourth-order valence-electron chi connectivity index (χ4n) is 3.49. The molecule has 1 atom stereocenters. The third-order valence-electron chi connectivity index (χ3n) is 5.23. The summed E-state index contributed by atoms with van der Waals surface area (Å²) in [6, 6.07) is 11.3. The van der Waals surface area contributed by atoms with Crippen molar-refractivity contribution < 1.29 is 28.2 Å². The molecule has 194 valence electrons. The Morgan fingerprint density at radius 1 is 1.03 bits per heavy atom. The van der Waals surface area contributed by atoms with Gasteiger partial charge in [-0.25, -0.2) is 8.78 Å². The zero-order valence-electron chi connectivity index (χ0n) is 20.8. The maximum Gasteiger partial charge on any atom is 0.313 e. The van der Waals surface area contributed by atoms with Gasteiger partial charge in [-0.15, -0.1) is 10.2 Å². The van der Waals surface area contributed by atoms with Crippen LogP contribution >= 0.6 is 0 Å². The first-order chi connectivity index (χ1) is 17.7. The molecule has 1 unspecified atom stereocenters. The van der Waals surface area contributed by atoms with E-state index in [-0.39, 0.29) is 24.9 Å². The minimum Gasteiger partial charge on any atom is -0.466 e. The van der Waals surface area contributed by atoms with Gasteiger partial charge in [0.15, 0.2) is 0 Å². The molecule has 1 heterocycles. The molecule has 2 aromatic carbocycles. The Labute approximate surface area is 213 Å². The maximum absolute atomic E-state index is 13.7. The van der Waals surface area contributed by atoms with Crippen LogP contribution in [0.4, 0.5) is 8.78 Å². The van der Waals surface area contributed by atoms with Crippen LogP contribution in [0.3, 0.4) is 0 Å². The van der Waals surface area contributed by atoms with E-state index in [0.29, 0.717) is 22.3 Å². The first kappa shape index (κ1) is 27.5. The first-order valence-electron chi connectivity index (χ1n) is 11.8. The topological polar surface area (TPSA) is 107 Å². The summed E-state index contributed by atoms with van der Waals surface area (Å²) >= 11 is 0. The number of rotatable bonds is 11. The van der Waals surface area contributed by atoms with Crippen LogP contribution in [-0.4, -0.2) is 49.8 Å². The number of nitrogens with zero attached hydrogens (tertiary/aromatic N) is 4. The van der Waals surface area contributed by atoms with E-state index in [1.165, 1.54) is 41.2 Å². The second-order valence-corrected chi connectivity index (χ2v) is 8.48. The summed E-state index contributed by atoms with van der Waals surface area (Å²) in [5.41, 5.74) is 2.11. The summed E-state index contributed by atoms with van der Waals surface area (Å²) < 4.78 is 32.2. The third-order valence-corrected chi connectivity index (χ3v) is 5.23. The molecule has 3 aromatic rings. The van der Waals surface area contributed by atoms with Gasteiger partial charge in [0, 0.05) is 17.6 Å². The zero-order chi connectivity index (χ0) is 26.9. The van der Waals surface area contributed by atoms with Crippen molar-refractivity contribution in [1.29, 1.82) is 0 Å². The highest BCUT2D eigenvalue weighted by Gasteiger charge is 2.19. The highest BCUT2D eigenvalue weighted by Crippen LogP contribution is 2.32. The second kappa shape index (κ2) is 12.8. The second-order valence-electron chi connectivity index (χ2n) is 8.48. The molecule has 0 spiro atoms. The minimum atomic E-state index is -1.22. The number of aromatic nitrogens is 4. The van der Waals surface area contributed by atoms with E-state index in [2.05, 4.69) is 15.4 Å². The fraction of sp³-hybridized carbons (Fsp3) is 0.296. The maximum atomic E-state index is 13.7. The quantitative estimate of drug-likeness (QED) is 0.233. The number of ketones is 1. The van der Waals surface area contributed by atoms with Crippen molar-refractivity contribution in [2.24, 2.45) is 0 Å². The Hall–Kier alpha value is -4.05. The number of allylic oxidation sites excluding steroid dienone is 2. The molecule has 0 bridgehead atoms. The molecule has 0 radical (unpaired) electrons. The number of hydrogen-bond donors (Lipinski definition) is 1. The van der Waals surface area contributed by atoms with Crippen molar-refractivity contribution in [2.75, 3.05) is 6.61 Å². The van der Waals surface area contributed by atoms with Gasteiger partial charge in [-0.05, 0) is 61.4 Å². The van der Waals surface area contributed by atoms with Crippen molar-refractivity contribution in [3.63, 3.8) is 0 Å². The molecule has 3 rings (SSSR count). The number of halogens is 2. The Morgan fingerprint density at radius 3 is 2.08 bits per heavy atom. The summed E-state index contributed by atoms with van der Waals surface area (Å²) in [5, 5.41) is 23.2. The van der Waals surface area contributed by atoms with E-state index < -0.39 is 35.9 Å². The summed E-state index contributed by atoms with van der Waals surface area (Å²) in [7, 11) is 0. The van der Waals surface area contributed by atoms with E-state index in [9.17, 15) is 23.5 Å². The number of esters is 1. The van der Waals surface area contributed by atoms with Crippen LogP contribution in [0.5, 0.6) is 0 Å². The lowest BCUT2D eigenvalue weighted by molar-refractivity contribution is -0.145. The Morgan fingerprint density at radius 2 is 1.59 bits per heavy atom. The third kappa shape index (κ3) is 7.71. The van der Waals surface area contributed by atoms with E-state index in [4.69, 9.17) is 4.74 Å². The summed E-state index contributed by atoms with van der Waals surface area (Å²) in [5.74, 6) is -1.80. The van der Waals surface area contributed by atoms with E-state index in [1.807, 2.05) is 13.8 Å². The van der Waals surface area contributed by atoms with Gasteiger partial charge < -0.3 is 9.84 Å². The van der Waals surface area contributed by atoms with Gasteiger partial charge in [0.1, 0.15) is 23.8 Å². The lowest BCUT2D eigenvalue weighted by Crippen LogP contribution is -2.16. The number of Topliss-reactive ketones (excluding diaryl/α,β-unsaturated/α-hetero) is 1. The summed E-state index contributed by atoms with van der Waals surface area (Å²) in [6.45, 7) is 5.55. The minimum absolute atomic E-state index is 0.0855. The number of carbonyl (C=O) groups is 2. The average Bonchev–Trinajstić information content (AvgIpc) is 3.34. The molecular weight excluding hydrogens is 482 g/mol. The largest absolute Gasteiger partial charge is 0.466 e. The smallest absolute Gasteiger partial charge is 0.313 e. The van der Waals surface area contributed by atoms with Gasteiger partial charge in [-0.2, -0.15) is 4.80 Å². The van der Waals surface area contributed by atoms with Gasteiger partial charge in [-0.3, -0.25) is 9.59 Å². The van der Waals surface area contributed by atoms with Crippen molar-refractivity contribution in [3.8, 4) is 0 Å². The lowest BCUT2D eigenvalue weighted by atomic mass is 9.92. The average molecular weight is 511 g/mol. The molecular formula is C27H28F2N4O4. The molecule has 8 nitrogen and oxygen atoms in total. The normalized spacial score (nSPS) is 12.1. The van der Waals surface area contributed by atoms with Gasteiger partial charge >= 0.3 is 5.97 Å². The van der Waals surface area contributed by atoms with Crippen LogP contribution in [0.2, 0.25) is 0 Å². The number of aliphatic hydroxyl groups excluding tert-OH is 1. The van der Waals surface area contributed by atoms with Crippen molar-refractivity contribution in [3.05, 3.63) is 89.3 Å². The molecule has 0 saturated heterocycles. The van der Waals surface area contributed by atoms with Gasteiger partial charge in [0.2, 0.25) is 5.82 Å². The molecule has 0 fully saturated rings. The summed E-state index contributed by atoms with van der Waals surface area (Å²) in [4.78, 5) is 25.1. The fourth-order valence-corrected chi connectivity index (χ4v) is 3.49. The van der Waals surface area contributed by atoms with Gasteiger partial charge in [0.25, 0.3) is 0 Å². The highest BCUT2D eigenvalue weighted by molar-refractivity contribution is 6.01. The van der Waals surface area contributed by atoms with Crippen molar-refractivity contribution >= 4 is 22.9 Å². The van der Waals surface area contributed by atoms with Crippen LogP contribution in [-0.2, 0) is 14.3 Å². The van der Waals surface area contributed by atoms with Gasteiger partial charge in [-0.1, -0.05) is 36.4 Å². The number of hydrogen-bond acceptors (Lipinski definition) is 7. The summed E-state index contributed by atoms with van der Waals surface area (Å²) in [6.07, 6.45) is 0.937. The first-order valence-corrected chi connectivity index (χ1v) is 11.8. The molecule has 0 aliphatic rings. The van der Waals surface area contributed by atoms with Crippen LogP contribution in [0.1, 0.15) is 56.6 Å². The Kier molecular flexibility index (Phi) is 9.51. The molecule has 1 aromatic heterocycles. The SMILES string of the molecule is CCOC(=O)CC(=O)CC(O)/C=C/C(=C(c1ccc(F)cc1)c1ccc(F)cc1)c1nnn(C(C)C)n1. The number of ether oxygens (including phenoxy) is 1. The number of aliphatic hydroxyl groups is 1. The molecule has 0 aliphatic carbocycles. The number of carbonyl (C=O) groups excluding carboxylic acids is 2. The van der Waals surface area contributed by atoms with E-state index >= 15 is 0 Å². The predicted molar refractivity (Wildman–Crippen MR) is 133 cm³/mol. The molecule has 37 heavy (non-hydrogen) atoms. The monoisotopic (exact) mass is 510 g/mol. The standard InChI is InChI=1S/C27H28F2N4O4/c1-4-37-25(36)16-23(35)15-22(34)13-14-24(27-30-32-33(31-27)17(2)3)26(18-5-9-20(28)10-6-18)19-7-11-21(29)12-8-19/h5-14,17,22,34H,4,15-16H2,1-3H3/b14-13+. The molecule has 0 saturated carbocycles. The van der Waals surface area contributed by atoms with Crippen LogP contribution in [0.25, 0.3) is 11.1 Å². The molecule has 0 amide bonds. The highest BCUT2D eigenvalue weighted by atomic mass is 19.1. The van der Waals surface area contributed by atoms with Crippen LogP contribution in [0, 0.1) is 11.6 Å². The Bertz CT molecular complexity index is 1230. The van der Waals surface area contributed by atoms with Crippen molar-refractivity contribution in [1.82, 2.24) is 20.2 Å². The molecule has 1 N–H and O–H groups in total. The van der Waals surface area contributed by atoms with E-state index in [1.54, 1.807) is 31.2 Å². The van der Waals surface area contributed by atoms with Crippen LogP contribution in [0.15, 0.2) is 60.7 Å². The lowest BCUT2D eigenvalue weighted by Gasteiger charge is -2.13. The van der Waals surface area contributed by atoms with Crippen LogP contribution < -0.4 is 0 Å². The van der Waals surface area contributed by atoms with Gasteiger partial charge in [0.05, 0.1) is 18.8 Å². The molecule has 0 aliphatic heterocycles. The number of tetrazole rings is 1. The zero-order valence-corrected chi connectivity index (χ0v) is 20.8. The predicted octanol–water partition coefficient (Wildman–Crippen LogP) is 4.32. The van der Waals surface area contributed by atoms with Crippen molar-refractivity contribution in [2.45, 2.75) is 45.8 Å².